The van der Waals surface area contributed by atoms with Gasteiger partial charge in [-0.1, -0.05) is 30.3 Å². The predicted molar refractivity (Wildman–Crippen MR) is 98.1 cm³/mol. The van der Waals surface area contributed by atoms with E-state index in [-0.39, 0.29) is 11.9 Å². The highest BCUT2D eigenvalue weighted by molar-refractivity contribution is 5.82. The Morgan fingerprint density at radius 2 is 2.08 bits per heavy atom. The molecule has 5 heteroatoms. The van der Waals surface area contributed by atoms with Crippen molar-refractivity contribution in [3.8, 4) is 0 Å². The molecule has 3 aromatic rings. The van der Waals surface area contributed by atoms with E-state index in [1.807, 2.05) is 23.7 Å². The van der Waals surface area contributed by atoms with Gasteiger partial charge in [-0.05, 0) is 42.2 Å². The molecular weight excluding hydrogens is 312 g/mol. The Labute approximate surface area is 147 Å². The minimum Gasteiger partial charge on any atom is -0.348 e. The smallest absolute Gasteiger partial charge is 0.237 e. The van der Waals surface area contributed by atoms with Gasteiger partial charge >= 0.3 is 0 Å². The quantitative estimate of drug-likeness (QED) is 0.772. The third-order valence-corrected chi connectivity index (χ3v) is 4.95. The molecule has 1 amide bonds. The normalized spacial score (nSPS) is 16.6. The Morgan fingerprint density at radius 1 is 1.28 bits per heavy atom. The molecule has 4 rings (SSSR count). The molecule has 2 N–H and O–H groups in total. The maximum absolute atomic E-state index is 12.6. The average Bonchev–Trinajstić information content (AvgIpc) is 2.94. The number of hydrogen-bond acceptors (Lipinski definition) is 3. The summed E-state index contributed by atoms with van der Waals surface area (Å²) in [5.41, 5.74) is 5.76. The first-order valence-electron chi connectivity index (χ1n) is 8.61. The van der Waals surface area contributed by atoms with E-state index in [2.05, 4.69) is 52.9 Å². The molecule has 2 heterocycles. The summed E-state index contributed by atoms with van der Waals surface area (Å²) >= 11 is 0. The lowest BCUT2D eigenvalue weighted by Gasteiger charge is -2.25. The SMILES string of the molecule is Cc1ccc2c(c1)nc(CNC(=O)[C@H]1Cc3ccccc3CN1)n2C. The predicted octanol–water partition coefficient (Wildman–Crippen LogP) is 2.21. The van der Waals surface area contributed by atoms with E-state index >= 15 is 0 Å². The van der Waals surface area contributed by atoms with Crippen molar-refractivity contribution in [2.24, 2.45) is 7.05 Å². The zero-order valence-corrected chi connectivity index (χ0v) is 14.5. The highest BCUT2D eigenvalue weighted by atomic mass is 16.2. The number of amides is 1. The highest BCUT2D eigenvalue weighted by Crippen LogP contribution is 2.18. The maximum Gasteiger partial charge on any atom is 0.237 e. The molecule has 5 nitrogen and oxygen atoms in total. The van der Waals surface area contributed by atoms with Crippen molar-refractivity contribution < 1.29 is 4.79 Å². The number of nitrogens with one attached hydrogen (secondary N) is 2. The lowest BCUT2D eigenvalue weighted by molar-refractivity contribution is -0.123. The first-order chi connectivity index (χ1) is 12.1. The largest absolute Gasteiger partial charge is 0.348 e. The van der Waals surface area contributed by atoms with E-state index in [0.29, 0.717) is 6.54 Å². The van der Waals surface area contributed by atoms with Crippen LogP contribution in [0.15, 0.2) is 42.5 Å². The van der Waals surface area contributed by atoms with Crippen molar-refractivity contribution in [2.45, 2.75) is 32.5 Å². The molecule has 0 saturated carbocycles. The fourth-order valence-electron chi connectivity index (χ4n) is 3.45. The number of nitrogens with zero attached hydrogens (tertiary/aromatic N) is 2. The lowest BCUT2D eigenvalue weighted by atomic mass is 9.95. The number of aromatic nitrogens is 2. The van der Waals surface area contributed by atoms with Crippen molar-refractivity contribution in [1.29, 1.82) is 0 Å². The summed E-state index contributed by atoms with van der Waals surface area (Å²) in [4.78, 5) is 17.2. The first kappa shape index (κ1) is 15.8. The van der Waals surface area contributed by atoms with Gasteiger partial charge in [0.2, 0.25) is 5.91 Å². The van der Waals surface area contributed by atoms with Crippen LogP contribution in [0, 0.1) is 6.92 Å². The van der Waals surface area contributed by atoms with Crippen LogP contribution >= 0.6 is 0 Å². The molecule has 25 heavy (non-hydrogen) atoms. The van der Waals surface area contributed by atoms with Crippen molar-refractivity contribution in [1.82, 2.24) is 20.2 Å². The molecule has 0 unspecified atom stereocenters. The zero-order valence-electron chi connectivity index (χ0n) is 14.5. The number of aryl methyl sites for hydroxylation is 2. The van der Waals surface area contributed by atoms with Crippen LogP contribution in [0.25, 0.3) is 11.0 Å². The summed E-state index contributed by atoms with van der Waals surface area (Å²) in [6.45, 7) is 3.23. The molecule has 1 aliphatic heterocycles. The molecular formula is C20H22N4O. The second kappa shape index (κ2) is 6.33. The van der Waals surface area contributed by atoms with Crippen LogP contribution in [0.3, 0.4) is 0 Å². The third-order valence-electron chi connectivity index (χ3n) is 4.95. The van der Waals surface area contributed by atoms with Gasteiger partial charge in [-0.3, -0.25) is 4.79 Å². The second-order valence-electron chi connectivity index (χ2n) is 6.70. The topological polar surface area (TPSA) is 59.0 Å². The van der Waals surface area contributed by atoms with Gasteiger partial charge in [0.25, 0.3) is 0 Å². The monoisotopic (exact) mass is 334 g/mol. The summed E-state index contributed by atoms with van der Waals surface area (Å²) in [7, 11) is 1.99. The molecule has 128 valence electrons. The molecule has 2 aromatic carbocycles. The van der Waals surface area contributed by atoms with E-state index in [9.17, 15) is 4.79 Å². The van der Waals surface area contributed by atoms with Gasteiger partial charge in [0, 0.05) is 13.6 Å². The number of carbonyl (C=O) groups excluding carboxylic acids is 1. The van der Waals surface area contributed by atoms with Gasteiger partial charge in [0.1, 0.15) is 5.82 Å². The van der Waals surface area contributed by atoms with Gasteiger partial charge in [0.05, 0.1) is 23.6 Å². The van der Waals surface area contributed by atoms with Crippen molar-refractivity contribution in [2.75, 3.05) is 0 Å². The number of fused-ring (bicyclic) bond motifs is 2. The lowest BCUT2D eigenvalue weighted by Crippen LogP contribution is -2.47. The highest BCUT2D eigenvalue weighted by Gasteiger charge is 2.24. The van der Waals surface area contributed by atoms with Gasteiger partial charge in [0.15, 0.2) is 0 Å². The van der Waals surface area contributed by atoms with Gasteiger partial charge in [-0.25, -0.2) is 4.98 Å². The van der Waals surface area contributed by atoms with Gasteiger partial charge in [-0.2, -0.15) is 0 Å². The van der Waals surface area contributed by atoms with Gasteiger partial charge in [-0.15, -0.1) is 0 Å². The Morgan fingerprint density at radius 3 is 2.92 bits per heavy atom. The van der Waals surface area contributed by atoms with E-state index in [0.717, 1.165) is 29.8 Å². The Hall–Kier alpha value is -2.66. The molecule has 0 fully saturated rings. The summed E-state index contributed by atoms with van der Waals surface area (Å²) < 4.78 is 2.04. The maximum atomic E-state index is 12.6. The van der Waals surface area contributed by atoms with Crippen molar-refractivity contribution in [3.05, 3.63) is 65.0 Å². The van der Waals surface area contributed by atoms with E-state index in [1.54, 1.807) is 0 Å². The van der Waals surface area contributed by atoms with Crippen LogP contribution in [-0.2, 0) is 31.4 Å². The number of hydrogen-bond donors (Lipinski definition) is 2. The van der Waals surface area contributed by atoms with E-state index in [4.69, 9.17) is 0 Å². The molecule has 1 aliphatic rings. The van der Waals surface area contributed by atoms with Crippen LogP contribution in [-0.4, -0.2) is 21.5 Å². The third kappa shape index (κ3) is 3.03. The molecule has 0 aliphatic carbocycles. The number of rotatable bonds is 3. The number of carbonyl (C=O) groups is 1. The minimum absolute atomic E-state index is 0.0257. The van der Waals surface area contributed by atoms with Crippen LogP contribution in [0.4, 0.5) is 0 Å². The average molecular weight is 334 g/mol. The van der Waals surface area contributed by atoms with Crippen LogP contribution in [0.5, 0.6) is 0 Å². The number of imidazole rings is 1. The molecule has 0 spiro atoms. The Kier molecular flexibility index (Phi) is 4.01. The summed E-state index contributed by atoms with van der Waals surface area (Å²) in [5.74, 6) is 0.892. The summed E-state index contributed by atoms with van der Waals surface area (Å²) in [6.07, 6.45) is 0.726. The zero-order chi connectivity index (χ0) is 17.4. The summed E-state index contributed by atoms with van der Waals surface area (Å²) in [5, 5.41) is 6.35. The fraction of sp³-hybridized carbons (Fsp3) is 0.300. The van der Waals surface area contributed by atoms with E-state index < -0.39 is 0 Å². The molecule has 0 bridgehead atoms. The minimum atomic E-state index is -0.188. The van der Waals surface area contributed by atoms with Crippen LogP contribution in [0.2, 0.25) is 0 Å². The molecule has 0 saturated heterocycles. The van der Waals surface area contributed by atoms with Crippen LogP contribution < -0.4 is 10.6 Å². The van der Waals surface area contributed by atoms with Crippen molar-refractivity contribution >= 4 is 16.9 Å². The number of benzene rings is 2. The van der Waals surface area contributed by atoms with Crippen molar-refractivity contribution in [3.63, 3.8) is 0 Å². The first-order valence-corrected chi connectivity index (χ1v) is 8.61. The molecule has 0 radical (unpaired) electrons. The standard InChI is InChI=1S/C20H22N4O/c1-13-7-8-18-16(9-13)23-19(24(18)2)12-22-20(25)17-10-14-5-3-4-6-15(14)11-21-17/h3-9,17,21H,10-12H2,1-2H3,(H,22,25)/t17-/m1/s1. The van der Waals surface area contributed by atoms with Crippen LogP contribution in [0.1, 0.15) is 22.5 Å². The Bertz CT molecular complexity index is 944. The van der Waals surface area contributed by atoms with E-state index in [1.165, 1.54) is 16.7 Å². The second-order valence-corrected chi connectivity index (χ2v) is 6.70. The summed E-state index contributed by atoms with van der Waals surface area (Å²) in [6, 6.07) is 14.3. The van der Waals surface area contributed by atoms with Gasteiger partial charge < -0.3 is 15.2 Å². The molecule has 1 aromatic heterocycles. The Balaban J connectivity index is 1.45. The fourth-order valence-corrected chi connectivity index (χ4v) is 3.45. The molecule has 1 atom stereocenters.